The number of amides is 3. The minimum Gasteiger partial charge on any atom is -0.444 e. The van der Waals surface area contributed by atoms with Crippen LogP contribution in [0.2, 0.25) is 0 Å². The number of ether oxygens (including phenoxy) is 1. The molecule has 1 saturated heterocycles. The van der Waals surface area contributed by atoms with E-state index in [1.807, 2.05) is 0 Å². The van der Waals surface area contributed by atoms with Gasteiger partial charge in [-0.15, -0.1) is 0 Å². The van der Waals surface area contributed by atoms with Gasteiger partial charge in [0.1, 0.15) is 11.8 Å². The molecule has 2 atom stereocenters. The van der Waals surface area contributed by atoms with Crippen LogP contribution in [0, 0.1) is 0 Å². The van der Waals surface area contributed by atoms with Crippen molar-refractivity contribution in [3.63, 3.8) is 0 Å². The van der Waals surface area contributed by atoms with Gasteiger partial charge in [0.05, 0.1) is 0 Å². The van der Waals surface area contributed by atoms with E-state index in [1.165, 1.54) is 22.9 Å². The fourth-order valence-corrected chi connectivity index (χ4v) is 2.59. The lowest BCUT2D eigenvalue weighted by Crippen LogP contribution is -2.48. The minimum atomic E-state index is -0.610. The van der Waals surface area contributed by atoms with Crippen LogP contribution in [-0.4, -0.2) is 65.4 Å². The zero-order valence-electron chi connectivity index (χ0n) is 14.0. The summed E-state index contributed by atoms with van der Waals surface area (Å²) >= 11 is 4.42. The van der Waals surface area contributed by atoms with Gasteiger partial charge in [-0.3, -0.25) is 14.5 Å². The van der Waals surface area contributed by atoms with Crippen LogP contribution in [0.25, 0.3) is 0 Å². The van der Waals surface area contributed by atoms with Crippen molar-refractivity contribution in [3.8, 4) is 0 Å². The van der Waals surface area contributed by atoms with Gasteiger partial charge in [-0.2, -0.15) is 12.6 Å². The summed E-state index contributed by atoms with van der Waals surface area (Å²) < 4.78 is 5.38. The van der Waals surface area contributed by atoms with Gasteiger partial charge >= 0.3 is 6.09 Å². The molecule has 8 heteroatoms. The summed E-state index contributed by atoms with van der Waals surface area (Å²) in [5.74, 6) is -0.252. The molecule has 0 saturated carbocycles. The fourth-order valence-electron chi connectivity index (χ4n) is 2.22. The molecule has 1 aliphatic heterocycles. The molecule has 0 bridgehead atoms. The summed E-state index contributed by atoms with van der Waals surface area (Å²) in [4.78, 5) is 37.8. The third-order valence-electron chi connectivity index (χ3n) is 3.23. The Morgan fingerprint density at radius 2 is 2.09 bits per heavy atom. The van der Waals surface area contributed by atoms with Crippen molar-refractivity contribution in [3.05, 3.63) is 12.2 Å². The molecule has 1 aliphatic rings. The first-order valence-electron chi connectivity index (χ1n) is 7.45. The van der Waals surface area contributed by atoms with Crippen LogP contribution in [-0.2, 0) is 14.3 Å². The first kappa shape index (κ1) is 19.3. The van der Waals surface area contributed by atoms with Gasteiger partial charge in [-0.25, -0.2) is 4.79 Å². The highest BCUT2D eigenvalue weighted by Crippen LogP contribution is 2.26. The Labute approximate surface area is 142 Å². The van der Waals surface area contributed by atoms with Crippen molar-refractivity contribution in [2.24, 2.45) is 0 Å². The van der Waals surface area contributed by atoms with Crippen LogP contribution >= 0.6 is 12.6 Å². The summed E-state index contributed by atoms with van der Waals surface area (Å²) in [5, 5.41) is 2.43. The Morgan fingerprint density at radius 3 is 2.61 bits per heavy atom. The van der Waals surface area contributed by atoms with E-state index in [0.29, 0.717) is 19.4 Å². The minimum absolute atomic E-state index is 0.0297. The quantitative estimate of drug-likeness (QED) is 0.444. The number of carbonyl (C=O) groups is 3. The molecule has 3 amide bonds. The van der Waals surface area contributed by atoms with Crippen molar-refractivity contribution in [1.29, 1.82) is 0 Å². The molecule has 130 valence electrons. The zero-order valence-corrected chi connectivity index (χ0v) is 14.9. The number of rotatable bonds is 5. The maximum absolute atomic E-state index is 12.3. The maximum atomic E-state index is 12.3. The average Bonchev–Trinajstić information content (AvgIpc) is 2.83. The Morgan fingerprint density at radius 1 is 1.43 bits per heavy atom. The number of carbonyl (C=O) groups excluding carboxylic acids is 3. The summed E-state index contributed by atoms with van der Waals surface area (Å²) in [5.41, 5.74) is -0.610. The molecule has 0 aromatic rings. The lowest BCUT2D eigenvalue weighted by Gasteiger charge is -2.33. The molecule has 7 nitrogen and oxygen atoms in total. The molecule has 0 aliphatic carbocycles. The van der Waals surface area contributed by atoms with Crippen LogP contribution in [0.1, 0.15) is 27.2 Å². The van der Waals surface area contributed by atoms with Gasteiger partial charge in [0.25, 0.3) is 0 Å². The highest BCUT2D eigenvalue weighted by atomic mass is 32.1. The van der Waals surface area contributed by atoms with E-state index in [2.05, 4.69) is 17.9 Å². The molecule has 0 unspecified atom stereocenters. The van der Waals surface area contributed by atoms with Crippen molar-refractivity contribution >= 4 is 31.0 Å². The number of hydrogen-bond donors (Lipinski definition) is 2. The van der Waals surface area contributed by atoms with E-state index in [0.717, 1.165) is 0 Å². The molecule has 23 heavy (non-hydrogen) atoms. The van der Waals surface area contributed by atoms with Gasteiger partial charge in [0, 0.05) is 31.5 Å². The number of nitrogens with zero attached hydrogens (tertiary/aromatic N) is 2. The Bertz CT molecular complexity index is 476. The number of likely N-dealkylation sites (tertiary alicyclic amines) is 1. The van der Waals surface area contributed by atoms with Gasteiger partial charge in [-0.1, -0.05) is 6.08 Å². The molecule has 0 aromatic carbocycles. The highest BCUT2D eigenvalue weighted by Gasteiger charge is 2.38. The van der Waals surface area contributed by atoms with Crippen LogP contribution < -0.4 is 5.32 Å². The number of thiol groups is 1. The van der Waals surface area contributed by atoms with E-state index in [1.54, 1.807) is 26.8 Å². The smallest absolute Gasteiger partial charge is 0.411 e. The molecular weight excluding hydrogens is 318 g/mol. The lowest BCUT2D eigenvalue weighted by atomic mass is 10.2. The SMILES string of the molecule is CNC(=O)/C=C/CN(C=O)[C@@H]1C[C@H](S)CN1C(=O)OC(C)(C)C. The monoisotopic (exact) mass is 343 g/mol. The largest absolute Gasteiger partial charge is 0.444 e. The van der Waals surface area contributed by atoms with E-state index < -0.39 is 17.9 Å². The van der Waals surface area contributed by atoms with Crippen molar-refractivity contribution < 1.29 is 19.1 Å². The van der Waals surface area contributed by atoms with Gasteiger partial charge in [0.15, 0.2) is 0 Å². The molecular formula is C15H25N3O4S. The van der Waals surface area contributed by atoms with Crippen LogP contribution in [0.3, 0.4) is 0 Å². The Hall–Kier alpha value is -1.70. The van der Waals surface area contributed by atoms with Gasteiger partial charge in [-0.05, 0) is 27.2 Å². The second-order valence-electron chi connectivity index (χ2n) is 6.32. The number of nitrogens with one attached hydrogen (secondary N) is 1. The molecule has 0 radical (unpaired) electrons. The third-order valence-corrected chi connectivity index (χ3v) is 3.60. The predicted octanol–water partition coefficient (Wildman–Crippen LogP) is 1.01. The standard InChI is InChI=1S/C15H25N3O4S/c1-15(2,3)22-14(21)18-9-11(23)8-13(18)17(10-19)7-5-6-12(20)16-4/h5-6,10-11,13,23H,7-9H2,1-4H3,(H,16,20)/b6-5+/t11-,13-/m0/s1. The van der Waals surface area contributed by atoms with Crippen molar-refractivity contribution in [1.82, 2.24) is 15.1 Å². The highest BCUT2D eigenvalue weighted by molar-refractivity contribution is 7.81. The summed E-state index contributed by atoms with van der Waals surface area (Å²) in [6, 6.07) is 0. The Balaban J connectivity index is 2.79. The van der Waals surface area contributed by atoms with Crippen molar-refractivity contribution in [2.45, 2.75) is 44.2 Å². The molecule has 0 spiro atoms. The molecule has 0 aromatic heterocycles. The number of hydrogen-bond acceptors (Lipinski definition) is 5. The summed E-state index contributed by atoms with van der Waals surface area (Å²) in [6.07, 6.45) is 3.24. The molecule has 1 heterocycles. The van der Waals surface area contributed by atoms with Crippen LogP contribution in [0.4, 0.5) is 4.79 Å². The molecule has 1 fully saturated rings. The van der Waals surface area contributed by atoms with E-state index >= 15 is 0 Å². The lowest BCUT2D eigenvalue weighted by molar-refractivity contribution is -0.122. The van der Waals surface area contributed by atoms with E-state index in [-0.39, 0.29) is 17.7 Å². The summed E-state index contributed by atoms with van der Waals surface area (Å²) in [6.45, 7) is 6.00. The maximum Gasteiger partial charge on any atom is 0.411 e. The zero-order chi connectivity index (χ0) is 17.6. The molecule has 1 rings (SSSR count). The van der Waals surface area contributed by atoms with Gasteiger partial charge in [0.2, 0.25) is 12.3 Å². The number of likely N-dealkylation sites (N-methyl/N-ethyl adjacent to an activating group) is 1. The first-order chi connectivity index (χ1) is 10.7. The normalized spacial score (nSPS) is 21.3. The predicted molar refractivity (Wildman–Crippen MR) is 90.1 cm³/mol. The second kappa shape index (κ2) is 8.24. The fraction of sp³-hybridized carbons (Fsp3) is 0.667. The third kappa shape index (κ3) is 6.13. The molecule has 1 N–H and O–H groups in total. The topological polar surface area (TPSA) is 79.0 Å². The summed E-state index contributed by atoms with van der Waals surface area (Å²) in [7, 11) is 1.52. The van der Waals surface area contributed by atoms with Crippen LogP contribution in [0.15, 0.2) is 12.2 Å². The Kier molecular flexibility index (Phi) is 6.93. The second-order valence-corrected chi connectivity index (χ2v) is 7.05. The van der Waals surface area contributed by atoms with E-state index in [9.17, 15) is 14.4 Å². The van der Waals surface area contributed by atoms with Crippen LogP contribution in [0.5, 0.6) is 0 Å². The van der Waals surface area contributed by atoms with Gasteiger partial charge < -0.3 is 15.0 Å². The van der Waals surface area contributed by atoms with Crippen molar-refractivity contribution in [2.75, 3.05) is 20.1 Å². The first-order valence-corrected chi connectivity index (χ1v) is 7.96. The average molecular weight is 343 g/mol. The van der Waals surface area contributed by atoms with E-state index in [4.69, 9.17) is 4.74 Å².